The number of rotatable bonds is 8. The fraction of sp³-hybridized carbons (Fsp3) is 0.429. The van der Waals surface area contributed by atoms with Crippen molar-refractivity contribution in [1.29, 1.82) is 0 Å². The van der Waals surface area contributed by atoms with E-state index in [0.717, 1.165) is 61.4 Å². The van der Waals surface area contributed by atoms with Crippen LogP contribution in [0.5, 0.6) is 5.75 Å². The van der Waals surface area contributed by atoms with Crippen molar-refractivity contribution in [1.82, 2.24) is 9.88 Å². The largest absolute Gasteiger partial charge is 0.497 e. The Morgan fingerprint density at radius 1 is 1.09 bits per heavy atom. The van der Waals surface area contributed by atoms with Gasteiger partial charge in [-0.25, -0.2) is 4.98 Å². The summed E-state index contributed by atoms with van der Waals surface area (Å²) in [6, 6.07) is 15.8. The molecule has 1 amide bonds. The Balaban J connectivity index is 1.54. The van der Waals surface area contributed by atoms with Crippen molar-refractivity contribution in [2.24, 2.45) is 0 Å². The van der Waals surface area contributed by atoms with Crippen molar-refractivity contribution < 1.29 is 14.3 Å². The van der Waals surface area contributed by atoms with E-state index in [1.54, 1.807) is 7.11 Å². The molecule has 4 rings (SSSR count). The SMILES string of the molecule is COc1ccc(-c2csc(N(CCCN3CCOCC3)C(=O)c3ccc(C(C)(C)C)cc3)n2)cc1. The van der Waals surface area contributed by atoms with Crippen molar-refractivity contribution in [2.75, 3.05) is 51.4 Å². The maximum absolute atomic E-state index is 13.7. The van der Waals surface area contributed by atoms with Crippen LogP contribution in [0.2, 0.25) is 0 Å². The van der Waals surface area contributed by atoms with Crippen LogP contribution < -0.4 is 9.64 Å². The summed E-state index contributed by atoms with van der Waals surface area (Å²) in [6.45, 7) is 11.5. The third kappa shape index (κ3) is 6.48. The minimum absolute atomic E-state index is 0.0110. The number of morpholine rings is 1. The van der Waals surface area contributed by atoms with Crippen LogP contribution >= 0.6 is 11.3 Å². The molecular formula is C28H35N3O3S. The molecule has 0 saturated carbocycles. The molecule has 0 radical (unpaired) electrons. The van der Waals surface area contributed by atoms with Crippen molar-refractivity contribution in [3.63, 3.8) is 0 Å². The summed E-state index contributed by atoms with van der Waals surface area (Å²) in [5.74, 6) is 0.797. The van der Waals surface area contributed by atoms with E-state index in [4.69, 9.17) is 14.5 Å². The first-order chi connectivity index (χ1) is 16.8. The van der Waals surface area contributed by atoms with Crippen LogP contribution in [-0.2, 0) is 10.2 Å². The summed E-state index contributed by atoms with van der Waals surface area (Å²) in [5, 5.41) is 2.74. The Labute approximate surface area is 212 Å². The zero-order valence-corrected chi connectivity index (χ0v) is 21.9. The molecule has 3 aromatic rings. The van der Waals surface area contributed by atoms with Crippen LogP contribution in [0.15, 0.2) is 53.9 Å². The zero-order valence-electron chi connectivity index (χ0n) is 21.1. The van der Waals surface area contributed by atoms with Gasteiger partial charge in [-0.15, -0.1) is 11.3 Å². The summed E-state index contributed by atoms with van der Waals surface area (Å²) in [7, 11) is 1.66. The molecule has 0 spiro atoms. The summed E-state index contributed by atoms with van der Waals surface area (Å²) in [6.07, 6.45) is 0.878. The van der Waals surface area contributed by atoms with Gasteiger partial charge in [0.1, 0.15) is 5.75 Å². The number of carbonyl (C=O) groups excluding carboxylic acids is 1. The smallest absolute Gasteiger partial charge is 0.260 e. The van der Waals surface area contributed by atoms with Gasteiger partial charge >= 0.3 is 0 Å². The highest BCUT2D eigenvalue weighted by Crippen LogP contribution is 2.30. The summed E-state index contributed by atoms with van der Waals surface area (Å²) in [5.41, 5.74) is 3.81. The predicted octanol–water partition coefficient (Wildman–Crippen LogP) is 5.49. The van der Waals surface area contributed by atoms with Gasteiger partial charge in [0.15, 0.2) is 5.13 Å². The van der Waals surface area contributed by atoms with Gasteiger partial charge in [0.2, 0.25) is 0 Å². The number of nitrogens with zero attached hydrogens (tertiary/aromatic N) is 3. The molecule has 2 aromatic carbocycles. The van der Waals surface area contributed by atoms with Crippen LogP contribution in [0.4, 0.5) is 5.13 Å². The van der Waals surface area contributed by atoms with Gasteiger partial charge in [0, 0.05) is 42.7 Å². The van der Waals surface area contributed by atoms with E-state index < -0.39 is 0 Å². The minimum Gasteiger partial charge on any atom is -0.497 e. The Bertz CT molecular complexity index is 1100. The molecule has 1 aromatic heterocycles. The molecular weight excluding hydrogens is 458 g/mol. The van der Waals surface area contributed by atoms with Crippen LogP contribution in [0.3, 0.4) is 0 Å². The van der Waals surface area contributed by atoms with E-state index in [2.05, 4.69) is 37.8 Å². The Morgan fingerprint density at radius 3 is 2.40 bits per heavy atom. The van der Waals surface area contributed by atoms with E-state index in [9.17, 15) is 4.79 Å². The molecule has 1 aliphatic heterocycles. The lowest BCUT2D eigenvalue weighted by Gasteiger charge is -2.28. The second kappa shape index (κ2) is 11.3. The fourth-order valence-electron chi connectivity index (χ4n) is 4.11. The van der Waals surface area contributed by atoms with Gasteiger partial charge in [-0.05, 0) is 53.8 Å². The second-order valence-corrected chi connectivity index (χ2v) is 10.7. The maximum Gasteiger partial charge on any atom is 0.260 e. The lowest BCUT2D eigenvalue weighted by atomic mass is 9.86. The number of anilines is 1. The standard InChI is InChI=1S/C28H35N3O3S/c1-28(2,3)23-10-6-22(7-11-23)26(32)31(15-5-14-30-16-18-34-19-17-30)27-29-25(20-35-27)21-8-12-24(33-4)13-9-21/h6-13,20H,5,14-19H2,1-4H3. The van der Waals surface area contributed by atoms with Crippen LogP contribution in [0, 0.1) is 0 Å². The highest BCUT2D eigenvalue weighted by atomic mass is 32.1. The molecule has 2 heterocycles. The lowest BCUT2D eigenvalue weighted by molar-refractivity contribution is 0.0376. The molecule has 0 atom stereocenters. The molecule has 1 saturated heterocycles. The molecule has 0 N–H and O–H groups in total. The molecule has 6 nitrogen and oxygen atoms in total. The molecule has 0 unspecified atom stereocenters. The molecule has 1 aliphatic rings. The zero-order chi connectivity index (χ0) is 24.8. The second-order valence-electron chi connectivity index (χ2n) is 9.84. The Morgan fingerprint density at radius 2 is 1.77 bits per heavy atom. The fourth-order valence-corrected chi connectivity index (χ4v) is 4.97. The van der Waals surface area contributed by atoms with Crippen molar-refractivity contribution in [3.8, 4) is 17.0 Å². The highest BCUT2D eigenvalue weighted by molar-refractivity contribution is 7.14. The third-order valence-corrected chi connectivity index (χ3v) is 7.18. The quantitative estimate of drug-likeness (QED) is 0.416. The maximum atomic E-state index is 13.7. The topological polar surface area (TPSA) is 54.9 Å². The number of hydrogen-bond acceptors (Lipinski definition) is 6. The van der Waals surface area contributed by atoms with Gasteiger partial charge in [-0.2, -0.15) is 0 Å². The van der Waals surface area contributed by atoms with Gasteiger partial charge in [-0.3, -0.25) is 14.6 Å². The van der Waals surface area contributed by atoms with E-state index >= 15 is 0 Å². The number of amides is 1. The van der Waals surface area contributed by atoms with Gasteiger partial charge in [0.25, 0.3) is 5.91 Å². The molecule has 0 bridgehead atoms. The summed E-state index contributed by atoms with van der Waals surface area (Å²) in [4.78, 5) is 22.7. The van der Waals surface area contributed by atoms with Crippen LogP contribution in [0.25, 0.3) is 11.3 Å². The number of thiazole rings is 1. The highest BCUT2D eigenvalue weighted by Gasteiger charge is 2.23. The normalized spacial score (nSPS) is 14.6. The number of benzene rings is 2. The number of methoxy groups -OCH3 is 1. The number of ether oxygens (including phenoxy) is 2. The minimum atomic E-state index is -0.0110. The lowest BCUT2D eigenvalue weighted by Crippen LogP contribution is -2.39. The van der Waals surface area contributed by atoms with Gasteiger partial charge in [-0.1, -0.05) is 32.9 Å². The van der Waals surface area contributed by atoms with E-state index in [0.29, 0.717) is 12.1 Å². The summed E-state index contributed by atoms with van der Waals surface area (Å²) >= 11 is 1.51. The molecule has 186 valence electrons. The third-order valence-electron chi connectivity index (χ3n) is 6.31. The average Bonchev–Trinajstić information content (AvgIpc) is 3.36. The van der Waals surface area contributed by atoms with Crippen molar-refractivity contribution >= 4 is 22.4 Å². The first-order valence-electron chi connectivity index (χ1n) is 12.2. The number of hydrogen-bond donors (Lipinski definition) is 0. The first-order valence-corrected chi connectivity index (χ1v) is 13.1. The predicted molar refractivity (Wildman–Crippen MR) is 143 cm³/mol. The molecule has 1 fully saturated rings. The first kappa shape index (κ1) is 25.4. The monoisotopic (exact) mass is 493 g/mol. The van der Waals surface area contributed by atoms with Gasteiger partial charge in [0.05, 0.1) is 26.0 Å². The Kier molecular flexibility index (Phi) is 8.21. The summed E-state index contributed by atoms with van der Waals surface area (Å²) < 4.78 is 10.7. The number of carbonyl (C=O) groups is 1. The van der Waals surface area contributed by atoms with E-state index in [1.807, 2.05) is 46.7 Å². The van der Waals surface area contributed by atoms with Crippen molar-refractivity contribution in [2.45, 2.75) is 32.6 Å². The van der Waals surface area contributed by atoms with Gasteiger partial charge < -0.3 is 9.47 Å². The van der Waals surface area contributed by atoms with Crippen molar-refractivity contribution in [3.05, 3.63) is 65.0 Å². The molecule has 0 aliphatic carbocycles. The molecule has 7 heteroatoms. The molecule has 35 heavy (non-hydrogen) atoms. The average molecular weight is 494 g/mol. The van der Waals surface area contributed by atoms with E-state index in [-0.39, 0.29) is 11.3 Å². The van der Waals surface area contributed by atoms with Crippen LogP contribution in [-0.4, -0.2) is 62.3 Å². The van der Waals surface area contributed by atoms with Crippen LogP contribution in [0.1, 0.15) is 43.1 Å². The Hall–Kier alpha value is -2.74. The number of aromatic nitrogens is 1. The van der Waals surface area contributed by atoms with E-state index in [1.165, 1.54) is 16.9 Å².